The van der Waals surface area contributed by atoms with Crippen LogP contribution >= 0.6 is 0 Å². The smallest absolute Gasteiger partial charge is 0.146 e. The molecule has 1 N–H and O–H groups in total. The molecule has 0 aromatic heterocycles. The van der Waals surface area contributed by atoms with Crippen molar-refractivity contribution in [2.75, 3.05) is 18.5 Å². The number of ether oxygens (including phenoxy) is 1. The van der Waals surface area contributed by atoms with Crippen LogP contribution in [0, 0.1) is 23.0 Å². The fraction of sp³-hybridized carbons (Fsp3) is 0.133. The first-order valence-electron chi connectivity index (χ1n) is 6.01. The van der Waals surface area contributed by atoms with Crippen LogP contribution in [0.15, 0.2) is 42.5 Å². The molecule has 0 aliphatic rings. The van der Waals surface area contributed by atoms with Crippen molar-refractivity contribution in [3.05, 3.63) is 59.7 Å². The van der Waals surface area contributed by atoms with Crippen molar-refractivity contribution in [1.29, 1.82) is 5.26 Å². The van der Waals surface area contributed by atoms with Crippen LogP contribution in [0.5, 0.6) is 5.75 Å². The molecule has 102 valence electrons. The van der Waals surface area contributed by atoms with Gasteiger partial charge in [-0.3, -0.25) is 0 Å². The summed E-state index contributed by atoms with van der Waals surface area (Å²) in [6.45, 7) is 0.627. The fourth-order valence-electron chi connectivity index (χ4n) is 1.61. The number of nitrogens with zero attached hydrogens (tertiary/aromatic N) is 1. The summed E-state index contributed by atoms with van der Waals surface area (Å²) in [4.78, 5) is 0. The summed E-state index contributed by atoms with van der Waals surface area (Å²) in [6, 6.07) is 11.9. The Morgan fingerprint density at radius 3 is 2.55 bits per heavy atom. The minimum atomic E-state index is -0.509. The van der Waals surface area contributed by atoms with Crippen molar-refractivity contribution in [2.45, 2.75) is 0 Å². The number of rotatable bonds is 5. The normalized spacial score (nSPS) is 9.85. The predicted octanol–water partition coefficient (Wildman–Crippen LogP) is 3.33. The van der Waals surface area contributed by atoms with Crippen LogP contribution in [0.1, 0.15) is 5.56 Å². The minimum absolute atomic E-state index is 0.105. The van der Waals surface area contributed by atoms with Gasteiger partial charge >= 0.3 is 0 Å². The van der Waals surface area contributed by atoms with Gasteiger partial charge in [0.25, 0.3) is 0 Å². The molecule has 2 aromatic carbocycles. The van der Waals surface area contributed by atoms with Crippen molar-refractivity contribution in [3.63, 3.8) is 0 Å². The van der Waals surface area contributed by atoms with Crippen LogP contribution in [-0.4, -0.2) is 13.2 Å². The Kier molecular flexibility index (Phi) is 4.51. The van der Waals surface area contributed by atoms with E-state index >= 15 is 0 Å². The van der Waals surface area contributed by atoms with Crippen LogP contribution in [0.3, 0.4) is 0 Å². The molecular weight excluding hydrogens is 262 g/mol. The second-order valence-corrected chi connectivity index (χ2v) is 4.04. The maximum atomic E-state index is 13.3. The van der Waals surface area contributed by atoms with Crippen LogP contribution < -0.4 is 10.1 Å². The van der Waals surface area contributed by atoms with Crippen LogP contribution in [0.4, 0.5) is 14.5 Å². The largest absolute Gasteiger partial charge is 0.492 e. The SMILES string of the molecule is N#Cc1ccc(OCCNc2cc(F)ccc2F)cc1. The number of nitrogens with one attached hydrogen (secondary N) is 1. The Labute approximate surface area is 115 Å². The first kappa shape index (κ1) is 13.8. The zero-order valence-corrected chi connectivity index (χ0v) is 10.6. The third-order valence-electron chi connectivity index (χ3n) is 2.60. The van der Waals surface area contributed by atoms with Crippen molar-refractivity contribution in [2.24, 2.45) is 0 Å². The van der Waals surface area contributed by atoms with Gasteiger partial charge in [-0.1, -0.05) is 0 Å². The summed E-state index contributed by atoms with van der Waals surface area (Å²) in [6.07, 6.45) is 0. The number of benzene rings is 2. The zero-order valence-electron chi connectivity index (χ0n) is 10.6. The molecule has 0 fully saturated rings. The van der Waals surface area contributed by atoms with Gasteiger partial charge in [0.15, 0.2) is 0 Å². The number of nitriles is 1. The number of hydrogen-bond donors (Lipinski definition) is 1. The molecule has 0 bridgehead atoms. The van der Waals surface area contributed by atoms with E-state index in [2.05, 4.69) is 5.32 Å². The first-order valence-corrected chi connectivity index (χ1v) is 6.01. The monoisotopic (exact) mass is 274 g/mol. The van der Waals surface area contributed by atoms with Gasteiger partial charge < -0.3 is 10.1 Å². The summed E-state index contributed by atoms with van der Waals surface area (Å²) in [5.74, 6) is -0.391. The van der Waals surface area contributed by atoms with Crippen molar-refractivity contribution < 1.29 is 13.5 Å². The summed E-state index contributed by atoms with van der Waals surface area (Å²) in [7, 11) is 0. The second kappa shape index (κ2) is 6.53. The van der Waals surface area contributed by atoms with Gasteiger partial charge in [0.1, 0.15) is 24.0 Å². The lowest BCUT2D eigenvalue weighted by Crippen LogP contribution is -2.12. The Balaban J connectivity index is 1.81. The molecule has 3 nitrogen and oxygen atoms in total. The third-order valence-corrected chi connectivity index (χ3v) is 2.60. The van der Waals surface area contributed by atoms with Gasteiger partial charge in [-0.15, -0.1) is 0 Å². The summed E-state index contributed by atoms with van der Waals surface area (Å²) in [5, 5.41) is 11.4. The van der Waals surface area contributed by atoms with Gasteiger partial charge in [-0.05, 0) is 42.5 Å². The zero-order chi connectivity index (χ0) is 14.4. The van der Waals surface area contributed by atoms with Crippen molar-refractivity contribution in [1.82, 2.24) is 0 Å². The molecule has 5 heteroatoms. The standard InChI is InChI=1S/C15H12F2N2O/c16-12-3-6-14(17)15(9-12)19-7-8-20-13-4-1-11(10-18)2-5-13/h1-6,9,19H,7-8H2. The van der Waals surface area contributed by atoms with Crippen molar-refractivity contribution >= 4 is 5.69 Å². The summed E-state index contributed by atoms with van der Waals surface area (Å²) in [5.41, 5.74) is 0.658. The van der Waals surface area contributed by atoms with E-state index < -0.39 is 11.6 Å². The molecule has 0 radical (unpaired) electrons. The minimum Gasteiger partial charge on any atom is -0.492 e. The molecule has 20 heavy (non-hydrogen) atoms. The first-order chi connectivity index (χ1) is 9.69. The topological polar surface area (TPSA) is 45.0 Å². The number of anilines is 1. The molecule has 2 rings (SSSR count). The fourth-order valence-corrected chi connectivity index (χ4v) is 1.61. The Hall–Kier alpha value is -2.61. The van der Waals surface area contributed by atoms with E-state index in [0.717, 1.165) is 18.2 Å². The molecule has 0 spiro atoms. The molecule has 0 aliphatic carbocycles. The molecule has 0 saturated heterocycles. The molecule has 0 amide bonds. The number of hydrogen-bond acceptors (Lipinski definition) is 3. The highest BCUT2D eigenvalue weighted by atomic mass is 19.1. The van der Waals surface area contributed by atoms with Crippen LogP contribution in [0.2, 0.25) is 0 Å². The van der Waals surface area contributed by atoms with E-state index in [9.17, 15) is 8.78 Å². The van der Waals surface area contributed by atoms with Gasteiger partial charge in [0.2, 0.25) is 0 Å². The quantitative estimate of drug-likeness (QED) is 0.851. The van der Waals surface area contributed by atoms with E-state index in [1.807, 2.05) is 6.07 Å². The Morgan fingerprint density at radius 2 is 1.85 bits per heavy atom. The van der Waals surface area contributed by atoms with Crippen LogP contribution in [-0.2, 0) is 0 Å². The Bertz CT molecular complexity index is 621. The Morgan fingerprint density at radius 1 is 1.10 bits per heavy atom. The average molecular weight is 274 g/mol. The van der Waals surface area contributed by atoms with Crippen LogP contribution in [0.25, 0.3) is 0 Å². The maximum Gasteiger partial charge on any atom is 0.146 e. The van der Waals surface area contributed by atoms with Crippen molar-refractivity contribution in [3.8, 4) is 11.8 Å². The number of halogens is 2. The average Bonchev–Trinajstić information content (AvgIpc) is 2.47. The van der Waals surface area contributed by atoms with Gasteiger partial charge in [-0.25, -0.2) is 8.78 Å². The van der Waals surface area contributed by atoms with E-state index in [4.69, 9.17) is 10.00 Å². The molecule has 0 atom stereocenters. The van der Waals surface area contributed by atoms with E-state index in [-0.39, 0.29) is 5.69 Å². The molecular formula is C15H12F2N2O. The van der Waals surface area contributed by atoms with E-state index in [1.54, 1.807) is 24.3 Å². The molecule has 2 aromatic rings. The lowest BCUT2D eigenvalue weighted by molar-refractivity contribution is 0.332. The van der Waals surface area contributed by atoms with E-state index in [0.29, 0.717) is 24.5 Å². The molecule has 0 saturated carbocycles. The van der Waals surface area contributed by atoms with E-state index in [1.165, 1.54) is 0 Å². The highest BCUT2D eigenvalue weighted by Crippen LogP contribution is 2.15. The van der Waals surface area contributed by atoms with Gasteiger partial charge in [-0.2, -0.15) is 5.26 Å². The predicted molar refractivity (Wildman–Crippen MR) is 71.5 cm³/mol. The molecule has 0 heterocycles. The third kappa shape index (κ3) is 3.69. The maximum absolute atomic E-state index is 13.3. The summed E-state index contributed by atoms with van der Waals surface area (Å²) < 4.78 is 31.6. The second-order valence-electron chi connectivity index (χ2n) is 4.04. The highest BCUT2D eigenvalue weighted by molar-refractivity contribution is 5.44. The molecule has 0 unspecified atom stereocenters. The lowest BCUT2D eigenvalue weighted by atomic mass is 10.2. The summed E-state index contributed by atoms with van der Waals surface area (Å²) >= 11 is 0. The molecule has 0 aliphatic heterocycles. The van der Waals surface area contributed by atoms with Gasteiger partial charge in [0.05, 0.1) is 17.3 Å². The van der Waals surface area contributed by atoms with Gasteiger partial charge in [0, 0.05) is 6.54 Å². The highest BCUT2D eigenvalue weighted by Gasteiger charge is 2.02. The lowest BCUT2D eigenvalue weighted by Gasteiger charge is -2.09.